The van der Waals surface area contributed by atoms with Gasteiger partial charge in [-0.2, -0.15) is 0 Å². The molecule has 0 spiro atoms. The standard InChI is InChI=1S/C12H19BrN4O/c1-3-4-7-15-12(17-14)16-9-5-6-11(18-2)10(13)8-9/h5-6,8H,3-4,7,14H2,1-2H3,(H2,15,16,17). The average Bonchev–Trinajstić information content (AvgIpc) is 2.38. The minimum atomic E-state index is 0.556. The summed E-state index contributed by atoms with van der Waals surface area (Å²) in [7, 11) is 1.63. The molecular weight excluding hydrogens is 296 g/mol. The zero-order chi connectivity index (χ0) is 13.4. The number of aliphatic imine (C=N–C) groups is 1. The first-order valence-corrected chi connectivity index (χ1v) is 6.62. The number of nitrogens with one attached hydrogen (secondary N) is 2. The zero-order valence-corrected chi connectivity index (χ0v) is 12.3. The summed E-state index contributed by atoms with van der Waals surface area (Å²) in [5.74, 6) is 6.76. The van der Waals surface area contributed by atoms with Gasteiger partial charge in [0.2, 0.25) is 5.96 Å². The summed E-state index contributed by atoms with van der Waals surface area (Å²) < 4.78 is 6.04. The van der Waals surface area contributed by atoms with Crippen molar-refractivity contribution in [1.82, 2.24) is 5.43 Å². The molecule has 0 amide bonds. The Morgan fingerprint density at radius 1 is 1.50 bits per heavy atom. The molecule has 0 unspecified atom stereocenters. The van der Waals surface area contributed by atoms with E-state index in [9.17, 15) is 0 Å². The minimum absolute atomic E-state index is 0.556. The number of hydrazine groups is 1. The van der Waals surface area contributed by atoms with Crippen molar-refractivity contribution in [3.63, 3.8) is 0 Å². The predicted molar refractivity (Wildman–Crippen MR) is 78.8 cm³/mol. The lowest BCUT2D eigenvalue weighted by molar-refractivity contribution is 0.412. The van der Waals surface area contributed by atoms with E-state index in [1.165, 1.54) is 0 Å². The molecule has 0 saturated heterocycles. The Balaban J connectivity index is 2.70. The van der Waals surface area contributed by atoms with Crippen LogP contribution in [0.2, 0.25) is 0 Å². The number of halogens is 1. The van der Waals surface area contributed by atoms with Gasteiger partial charge in [0, 0.05) is 12.2 Å². The van der Waals surface area contributed by atoms with Gasteiger partial charge in [-0.15, -0.1) is 0 Å². The van der Waals surface area contributed by atoms with Crippen LogP contribution in [0.3, 0.4) is 0 Å². The number of benzene rings is 1. The Hall–Kier alpha value is -1.27. The summed E-state index contributed by atoms with van der Waals surface area (Å²) in [5, 5.41) is 3.11. The second-order valence-electron chi connectivity index (χ2n) is 3.70. The third-order valence-electron chi connectivity index (χ3n) is 2.33. The molecule has 0 aliphatic heterocycles. The Labute approximate surface area is 116 Å². The minimum Gasteiger partial charge on any atom is -0.496 e. The monoisotopic (exact) mass is 314 g/mol. The van der Waals surface area contributed by atoms with E-state index in [0.29, 0.717) is 5.96 Å². The molecule has 0 aliphatic carbocycles. The van der Waals surface area contributed by atoms with E-state index in [2.05, 4.69) is 38.6 Å². The predicted octanol–water partition coefficient (Wildman–Crippen LogP) is 2.49. The van der Waals surface area contributed by atoms with Crippen molar-refractivity contribution in [3.8, 4) is 5.75 Å². The maximum Gasteiger partial charge on any atom is 0.210 e. The van der Waals surface area contributed by atoms with Gasteiger partial charge in [0.25, 0.3) is 0 Å². The number of hydrogen-bond acceptors (Lipinski definition) is 3. The van der Waals surface area contributed by atoms with Crippen molar-refractivity contribution in [1.29, 1.82) is 0 Å². The maximum absolute atomic E-state index is 5.42. The molecule has 18 heavy (non-hydrogen) atoms. The van der Waals surface area contributed by atoms with Crippen molar-refractivity contribution < 1.29 is 4.74 Å². The molecule has 0 saturated carbocycles. The molecule has 5 nitrogen and oxygen atoms in total. The van der Waals surface area contributed by atoms with Crippen molar-refractivity contribution in [3.05, 3.63) is 22.7 Å². The summed E-state index contributed by atoms with van der Waals surface area (Å²) in [6.45, 7) is 2.87. The highest BCUT2D eigenvalue weighted by Gasteiger charge is 2.03. The second-order valence-corrected chi connectivity index (χ2v) is 4.56. The van der Waals surface area contributed by atoms with Crippen LogP contribution in [0, 0.1) is 0 Å². The van der Waals surface area contributed by atoms with Gasteiger partial charge in [-0.25, -0.2) is 5.84 Å². The first-order valence-electron chi connectivity index (χ1n) is 5.83. The quantitative estimate of drug-likeness (QED) is 0.257. The van der Waals surface area contributed by atoms with E-state index >= 15 is 0 Å². The molecule has 0 bridgehead atoms. The van der Waals surface area contributed by atoms with E-state index in [1.807, 2.05) is 18.2 Å². The number of unbranched alkanes of at least 4 members (excludes halogenated alkanes) is 1. The Morgan fingerprint density at radius 2 is 2.28 bits per heavy atom. The Morgan fingerprint density at radius 3 is 2.83 bits per heavy atom. The van der Waals surface area contributed by atoms with Gasteiger partial charge in [-0.3, -0.25) is 10.4 Å². The number of methoxy groups -OCH3 is 1. The van der Waals surface area contributed by atoms with Gasteiger partial charge in [-0.05, 0) is 40.5 Å². The Bertz CT molecular complexity index is 409. The molecule has 0 aromatic heterocycles. The molecule has 0 aliphatic rings. The maximum atomic E-state index is 5.42. The van der Waals surface area contributed by atoms with E-state index in [4.69, 9.17) is 10.6 Å². The van der Waals surface area contributed by atoms with Crippen molar-refractivity contribution in [2.24, 2.45) is 10.8 Å². The normalized spacial score (nSPS) is 11.2. The third-order valence-corrected chi connectivity index (χ3v) is 2.95. The fourth-order valence-corrected chi connectivity index (χ4v) is 1.89. The van der Waals surface area contributed by atoms with Gasteiger partial charge >= 0.3 is 0 Å². The second kappa shape index (κ2) is 7.94. The summed E-state index contributed by atoms with van der Waals surface area (Å²) in [4.78, 5) is 4.32. The number of nitrogens with two attached hydrogens (primary N) is 1. The molecule has 4 N–H and O–H groups in total. The summed E-state index contributed by atoms with van der Waals surface area (Å²) >= 11 is 3.43. The van der Waals surface area contributed by atoms with E-state index in [0.717, 1.165) is 35.3 Å². The van der Waals surface area contributed by atoms with Crippen LogP contribution in [0.5, 0.6) is 5.75 Å². The van der Waals surface area contributed by atoms with Crippen LogP contribution in [0.4, 0.5) is 5.69 Å². The molecule has 6 heteroatoms. The first-order chi connectivity index (χ1) is 8.71. The SMILES string of the molecule is CCCCN=C(NN)Nc1ccc(OC)c(Br)c1. The first kappa shape index (κ1) is 14.8. The third kappa shape index (κ3) is 4.54. The van der Waals surface area contributed by atoms with Crippen LogP contribution in [0.1, 0.15) is 19.8 Å². The van der Waals surface area contributed by atoms with Crippen LogP contribution in [0.25, 0.3) is 0 Å². The molecule has 0 radical (unpaired) electrons. The molecule has 0 heterocycles. The van der Waals surface area contributed by atoms with Crippen LogP contribution in [0.15, 0.2) is 27.7 Å². The van der Waals surface area contributed by atoms with E-state index in [-0.39, 0.29) is 0 Å². The van der Waals surface area contributed by atoms with Crippen LogP contribution in [-0.2, 0) is 0 Å². The number of ether oxygens (including phenoxy) is 1. The molecule has 1 rings (SSSR count). The van der Waals surface area contributed by atoms with Gasteiger partial charge in [0.1, 0.15) is 5.75 Å². The van der Waals surface area contributed by atoms with Gasteiger partial charge in [0.05, 0.1) is 11.6 Å². The summed E-state index contributed by atoms with van der Waals surface area (Å²) in [6.07, 6.45) is 2.15. The van der Waals surface area contributed by atoms with Crippen molar-refractivity contribution >= 4 is 27.6 Å². The Kier molecular flexibility index (Phi) is 6.53. The van der Waals surface area contributed by atoms with Gasteiger partial charge < -0.3 is 10.1 Å². The average molecular weight is 315 g/mol. The van der Waals surface area contributed by atoms with E-state index in [1.54, 1.807) is 7.11 Å². The van der Waals surface area contributed by atoms with Crippen molar-refractivity contribution in [2.75, 3.05) is 19.0 Å². The zero-order valence-electron chi connectivity index (χ0n) is 10.7. The molecular formula is C12H19BrN4O. The number of nitrogens with zero attached hydrogens (tertiary/aromatic N) is 1. The number of guanidine groups is 1. The smallest absolute Gasteiger partial charge is 0.210 e. The molecule has 0 fully saturated rings. The topological polar surface area (TPSA) is 71.7 Å². The molecule has 1 aromatic carbocycles. The number of rotatable bonds is 5. The van der Waals surface area contributed by atoms with Crippen LogP contribution in [-0.4, -0.2) is 19.6 Å². The van der Waals surface area contributed by atoms with Gasteiger partial charge in [0.15, 0.2) is 0 Å². The van der Waals surface area contributed by atoms with Crippen LogP contribution < -0.4 is 21.3 Å². The lowest BCUT2D eigenvalue weighted by atomic mass is 10.3. The lowest BCUT2D eigenvalue weighted by Crippen LogP contribution is -2.36. The van der Waals surface area contributed by atoms with Crippen molar-refractivity contribution in [2.45, 2.75) is 19.8 Å². The highest BCUT2D eigenvalue weighted by molar-refractivity contribution is 9.10. The highest BCUT2D eigenvalue weighted by atomic mass is 79.9. The van der Waals surface area contributed by atoms with Crippen LogP contribution >= 0.6 is 15.9 Å². The fourth-order valence-electron chi connectivity index (χ4n) is 1.35. The largest absolute Gasteiger partial charge is 0.496 e. The number of hydrogen-bond donors (Lipinski definition) is 3. The highest BCUT2D eigenvalue weighted by Crippen LogP contribution is 2.27. The fraction of sp³-hybridized carbons (Fsp3) is 0.417. The lowest BCUT2D eigenvalue weighted by Gasteiger charge is -2.11. The summed E-state index contributed by atoms with van der Waals surface area (Å²) in [6, 6.07) is 5.67. The molecule has 100 valence electrons. The van der Waals surface area contributed by atoms with E-state index < -0.39 is 0 Å². The molecule has 1 aromatic rings. The number of anilines is 1. The van der Waals surface area contributed by atoms with Gasteiger partial charge in [-0.1, -0.05) is 13.3 Å². The molecule has 0 atom stereocenters. The summed E-state index contributed by atoms with van der Waals surface area (Å²) in [5.41, 5.74) is 3.43.